The van der Waals surface area contributed by atoms with Gasteiger partial charge in [-0.3, -0.25) is 18.1 Å². The van der Waals surface area contributed by atoms with Crippen molar-refractivity contribution in [2.45, 2.75) is 409 Å². The van der Waals surface area contributed by atoms with E-state index in [0.29, 0.717) is 73.5 Å². The molecule has 0 bridgehead atoms. The highest BCUT2D eigenvalue weighted by Gasteiger charge is 2.28. The maximum Gasteiger partial charge on any atom is 0.472 e. The highest BCUT2D eigenvalue weighted by Crippen LogP contribution is 2.44. The summed E-state index contributed by atoms with van der Waals surface area (Å²) < 4.78 is 73.0. The Labute approximate surface area is 666 Å². The van der Waals surface area contributed by atoms with Crippen LogP contribution >= 0.6 is 15.6 Å². The van der Waals surface area contributed by atoms with Crippen molar-refractivity contribution in [1.29, 1.82) is 0 Å². The zero-order valence-corrected chi connectivity index (χ0v) is 76.0. The van der Waals surface area contributed by atoms with Crippen molar-refractivity contribution in [3.63, 3.8) is 0 Å². The van der Waals surface area contributed by atoms with Crippen molar-refractivity contribution in [3.05, 3.63) is 0 Å². The molecule has 1 aliphatic rings. The average Bonchev–Trinajstić information content (AvgIpc) is 1.90. The molecule has 0 aliphatic heterocycles. The standard InChI is InChI=1S/C91H186N2O12P2/c1-80(2)49-43-51-82(5)53-45-55-84(7)57-47-59-86(9)65-71-100-90(78-104-106(94,95)102-73-67-92(11,12)13)76-98-69-41-37-33-29-25-21-17-19-23-27-31-35-39-61-88-63-64-89(75-88)62-40-36-32-28-24-20-18-22-26-30-34-38-42-70-99-77-91(79-105-107(96,97)103-74-68-93(14,15)16)101-72-66-87(10)60-48-58-85(8)56-46-54-83(6)52-44-50-81(3)4/h80-91H,17-79H2,1-16H3/p+2/t82-,83-,84-,85-,86-,87-,88-,89+,90+,91-/m1/s1. The molecule has 16 heteroatoms. The van der Waals surface area contributed by atoms with Gasteiger partial charge in [-0.25, -0.2) is 9.13 Å². The molecule has 1 saturated carbocycles. The number of hydrogen-bond acceptors (Lipinski definition) is 10. The van der Waals surface area contributed by atoms with Gasteiger partial charge in [0.15, 0.2) is 0 Å². The topological polar surface area (TPSA) is 148 Å². The van der Waals surface area contributed by atoms with Gasteiger partial charge in [0.25, 0.3) is 0 Å². The fraction of sp³-hybridized carbons (Fsp3) is 1.00. The SMILES string of the molecule is CC(C)CCC[C@@H](C)CCC[C@@H](C)CCC[C@@H](C)CCO[C@H](COCCCCCCCCCCCCCCC[C@H]1CC[C@@H](CCCCCCCCCCCCCCCOC[C@@H](COP(=O)(O)OCC[N+](C)(C)C)OCC[C@H](C)CCC[C@H](C)CCC[C@H](C)CCCC(C)C)C1)COP(=O)(O)OCC[N+](C)(C)C. The molecule has 0 radical (unpaired) electrons. The molecule has 0 aromatic carbocycles. The first-order valence-corrected chi connectivity index (χ1v) is 49.2. The van der Waals surface area contributed by atoms with Gasteiger partial charge in [-0.2, -0.15) is 0 Å². The molecular formula is C91H188N2O12P2+2. The molecule has 14 nitrogen and oxygen atoms in total. The van der Waals surface area contributed by atoms with Gasteiger partial charge in [0.1, 0.15) is 38.5 Å². The van der Waals surface area contributed by atoms with Gasteiger partial charge in [0.05, 0.1) is 68.7 Å². The summed E-state index contributed by atoms with van der Waals surface area (Å²) in [6.07, 6.45) is 67.0. The summed E-state index contributed by atoms with van der Waals surface area (Å²) in [5.74, 6) is 8.04. The monoisotopic (exact) mass is 1560 g/mol. The molecule has 1 fully saturated rings. The van der Waals surface area contributed by atoms with Crippen molar-refractivity contribution in [3.8, 4) is 0 Å². The number of phosphoric ester groups is 2. The number of ether oxygens (including phenoxy) is 4. The predicted octanol–water partition coefficient (Wildman–Crippen LogP) is 26.7. The Bertz CT molecular complexity index is 1890. The zero-order chi connectivity index (χ0) is 79.1. The van der Waals surface area contributed by atoms with Crippen LogP contribution in [0.4, 0.5) is 0 Å². The van der Waals surface area contributed by atoms with Crippen molar-refractivity contribution < 1.29 is 64.9 Å². The lowest BCUT2D eigenvalue weighted by Crippen LogP contribution is -2.37. The summed E-state index contributed by atoms with van der Waals surface area (Å²) in [5.41, 5.74) is 0. The number of rotatable bonds is 82. The fourth-order valence-electron chi connectivity index (χ4n) is 15.6. The van der Waals surface area contributed by atoms with Crippen LogP contribution in [0.15, 0.2) is 0 Å². The molecule has 0 amide bonds. The molecule has 1 aliphatic carbocycles. The number of phosphoric acid groups is 2. The Morgan fingerprint density at radius 2 is 0.533 bits per heavy atom. The van der Waals surface area contributed by atoms with Crippen LogP contribution in [0.3, 0.4) is 0 Å². The molecule has 0 saturated heterocycles. The lowest BCUT2D eigenvalue weighted by atomic mass is 9.91. The Hall–Kier alpha value is -0.0200. The Balaban J connectivity index is 2.11. The third-order valence-electron chi connectivity index (χ3n) is 23.4. The molecule has 107 heavy (non-hydrogen) atoms. The maximum absolute atomic E-state index is 12.7. The highest BCUT2D eigenvalue weighted by molar-refractivity contribution is 7.47. The summed E-state index contributed by atoms with van der Waals surface area (Å²) in [4.78, 5) is 20.8. The molecule has 0 spiro atoms. The normalized spacial score (nSPS) is 18.1. The minimum atomic E-state index is -4.19. The Kier molecular flexibility index (Phi) is 66.8. The summed E-state index contributed by atoms with van der Waals surface area (Å²) in [6, 6.07) is 0. The summed E-state index contributed by atoms with van der Waals surface area (Å²) >= 11 is 0. The van der Waals surface area contributed by atoms with Crippen molar-refractivity contribution in [2.24, 2.45) is 59.2 Å². The van der Waals surface area contributed by atoms with E-state index < -0.39 is 27.9 Å². The van der Waals surface area contributed by atoms with E-state index in [-0.39, 0.29) is 26.4 Å². The average molecular weight is 1560 g/mol. The van der Waals surface area contributed by atoms with E-state index in [1.54, 1.807) is 0 Å². The molecule has 1 rings (SSSR count). The molecule has 0 heterocycles. The molecule has 2 unspecified atom stereocenters. The lowest BCUT2D eigenvalue weighted by molar-refractivity contribution is -0.870. The van der Waals surface area contributed by atoms with E-state index in [0.717, 1.165) is 73.0 Å². The van der Waals surface area contributed by atoms with Crippen LogP contribution in [0.5, 0.6) is 0 Å². The molecule has 12 atom stereocenters. The number of quaternary nitrogens is 2. The fourth-order valence-corrected chi connectivity index (χ4v) is 17.1. The summed E-state index contributed by atoms with van der Waals surface area (Å²) in [6.45, 7) is 28.4. The number of nitrogens with zero attached hydrogens (tertiary/aromatic N) is 2. The highest BCUT2D eigenvalue weighted by atomic mass is 31.2. The molecule has 2 N–H and O–H groups in total. The second kappa shape index (κ2) is 68.1. The first kappa shape index (κ1) is 105. The molecule has 0 aromatic rings. The lowest BCUT2D eigenvalue weighted by Gasteiger charge is -2.24. The minimum absolute atomic E-state index is 0.0235. The maximum atomic E-state index is 12.7. The molecule has 0 aromatic heterocycles. The second-order valence-electron chi connectivity index (χ2n) is 38.3. The first-order valence-electron chi connectivity index (χ1n) is 46.2. The van der Waals surface area contributed by atoms with Crippen LogP contribution < -0.4 is 0 Å². The predicted molar refractivity (Wildman–Crippen MR) is 457 cm³/mol. The van der Waals surface area contributed by atoms with Gasteiger partial charge in [0, 0.05) is 26.4 Å². The van der Waals surface area contributed by atoms with E-state index in [2.05, 4.69) is 69.2 Å². The molecular weight excluding hydrogens is 1370 g/mol. The Morgan fingerprint density at radius 3 is 0.794 bits per heavy atom. The van der Waals surface area contributed by atoms with Gasteiger partial charge in [-0.05, 0) is 91.3 Å². The largest absolute Gasteiger partial charge is 0.472 e. The first-order chi connectivity index (χ1) is 51.0. The number of unbranched alkanes of at least 4 members (excludes halogenated alkanes) is 24. The van der Waals surface area contributed by atoms with Crippen molar-refractivity contribution in [2.75, 3.05) is 121 Å². The van der Waals surface area contributed by atoms with Gasteiger partial charge in [-0.1, -0.05) is 365 Å². The third-order valence-corrected chi connectivity index (χ3v) is 25.4. The van der Waals surface area contributed by atoms with E-state index >= 15 is 0 Å². The smallest absolute Gasteiger partial charge is 0.379 e. The summed E-state index contributed by atoms with van der Waals surface area (Å²) in [5, 5.41) is 0. The quantitative estimate of drug-likeness (QED) is 0.0339. The summed E-state index contributed by atoms with van der Waals surface area (Å²) in [7, 11) is 3.79. The van der Waals surface area contributed by atoms with Crippen LogP contribution in [-0.4, -0.2) is 152 Å². The number of likely N-dealkylation sites (N-methyl/N-ethyl adjacent to an activating group) is 2. The van der Waals surface area contributed by atoms with Gasteiger partial charge in [-0.15, -0.1) is 0 Å². The van der Waals surface area contributed by atoms with Crippen LogP contribution in [-0.2, 0) is 46.2 Å². The van der Waals surface area contributed by atoms with E-state index in [4.69, 9.17) is 37.0 Å². The van der Waals surface area contributed by atoms with Gasteiger partial charge >= 0.3 is 15.6 Å². The van der Waals surface area contributed by atoms with Crippen molar-refractivity contribution >= 4 is 15.6 Å². The zero-order valence-electron chi connectivity index (χ0n) is 74.2. The van der Waals surface area contributed by atoms with Crippen molar-refractivity contribution in [1.82, 2.24) is 0 Å². The van der Waals surface area contributed by atoms with E-state index in [1.807, 2.05) is 42.3 Å². The Morgan fingerprint density at radius 1 is 0.290 bits per heavy atom. The molecule has 642 valence electrons. The second-order valence-corrected chi connectivity index (χ2v) is 41.2. The van der Waals surface area contributed by atoms with E-state index in [9.17, 15) is 18.9 Å². The number of hydrogen-bond donors (Lipinski definition) is 2. The van der Waals surface area contributed by atoms with Gasteiger partial charge < -0.3 is 37.7 Å². The van der Waals surface area contributed by atoms with E-state index in [1.165, 1.54) is 302 Å². The van der Waals surface area contributed by atoms with Crippen LogP contribution in [0.25, 0.3) is 0 Å². The minimum Gasteiger partial charge on any atom is -0.379 e. The third kappa shape index (κ3) is 73.4. The van der Waals surface area contributed by atoms with Gasteiger partial charge in [0.2, 0.25) is 0 Å². The van der Waals surface area contributed by atoms with Crippen LogP contribution in [0.1, 0.15) is 397 Å². The van der Waals surface area contributed by atoms with Crippen LogP contribution in [0.2, 0.25) is 0 Å². The van der Waals surface area contributed by atoms with Crippen LogP contribution in [0, 0.1) is 59.2 Å².